The lowest BCUT2D eigenvalue weighted by Gasteiger charge is -2.43. The van der Waals surface area contributed by atoms with Crippen molar-refractivity contribution in [3.8, 4) is 16.9 Å². The van der Waals surface area contributed by atoms with Crippen molar-refractivity contribution in [3.63, 3.8) is 0 Å². The number of carbonyl (C=O) groups is 2. The van der Waals surface area contributed by atoms with Crippen LogP contribution in [0.5, 0.6) is 5.75 Å². The van der Waals surface area contributed by atoms with Crippen LogP contribution in [0, 0.1) is 5.92 Å². The summed E-state index contributed by atoms with van der Waals surface area (Å²) in [5.41, 5.74) is 6.38. The fraction of sp³-hybridized carbons (Fsp3) is 0.188. The van der Waals surface area contributed by atoms with Gasteiger partial charge in [0.05, 0.1) is 5.92 Å². The third-order valence-corrected chi connectivity index (χ3v) is 7.49. The Morgan fingerprint density at radius 2 is 1.39 bits per heavy atom. The number of ether oxygens (including phenoxy) is 1. The zero-order valence-corrected chi connectivity index (χ0v) is 19.9. The quantitative estimate of drug-likeness (QED) is 0.258. The molecule has 6 rings (SSSR count). The summed E-state index contributed by atoms with van der Waals surface area (Å²) in [6.07, 6.45) is 2.16. The number of rotatable bonds is 5. The molecular weight excluding hydrogens is 446 g/mol. The van der Waals surface area contributed by atoms with Gasteiger partial charge in [0.1, 0.15) is 5.75 Å². The fourth-order valence-electron chi connectivity index (χ4n) is 5.55. The molecule has 1 aliphatic heterocycles. The van der Waals surface area contributed by atoms with Crippen LogP contribution in [0.3, 0.4) is 0 Å². The Morgan fingerprint density at radius 3 is 2.08 bits per heavy atom. The first-order chi connectivity index (χ1) is 17.7. The first kappa shape index (κ1) is 22.3. The van der Waals surface area contributed by atoms with E-state index in [2.05, 4.69) is 35.6 Å². The molecule has 0 unspecified atom stereocenters. The number of amides is 1. The van der Waals surface area contributed by atoms with Gasteiger partial charge in [-0.1, -0.05) is 78.9 Å². The van der Waals surface area contributed by atoms with E-state index >= 15 is 0 Å². The fourth-order valence-corrected chi connectivity index (χ4v) is 5.55. The molecule has 1 aliphatic carbocycles. The normalized spacial score (nSPS) is 19.1. The van der Waals surface area contributed by atoms with E-state index in [9.17, 15) is 9.59 Å². The van der Waals surface area contributed by atoms with Crippen molar-refractivity contribution < 1.29 is 14.3 Å². The standard InChI is InChI=1S/C32H27NO3/c34-30-17-15-25-18-24(14-16-29(25)33-30)23-12-7-13-26(19-23)36-32(35)31-27(21-8-3-1-4-9-21)20-28(31)22-10-5-2-6-11-22/h1-14,16,18-19,27-28,31H,15,17,20H2,(H,33,34)/t27-,28-/m1/s1. The van der Waals surface area contributed by atoms with E-state index in [1.54, 1.807) is 0 Å². The number of hydrogen-bond acceptors (Lipinski definition) is 3. The highest BCUT2D eigenvalue weighted by Gasteiger charge is 2.48. The van der Waals surface area contributed by atoms with Crippen molar-refractivity contribution in [2.24, 2.45) is 5.92 Å². The molecule has 1 fully saturated rings. The van der Waals surface area contributed by atoms with Crippen molar-refractivity contribution >= 4 is 17.6 Å². The smallest absolute Gasteiger partial charge is 0.315 e. The average Bonchev–Trinajstić information content (AvgIpc) is 2.89. The zero-order chi connectivity index (χ0) is 24.5. The van der Waals surface area contributed by atoms with Gasteiger partial charge < -0.3 is 10.1 Å². The minimum Gasteiger partial charge on any atom is -0.426 e. The number of nitrogens with one attached hydrogen (secondary N) is 1. The Morgan fingerprint density at radius 1 is 0.722 bits per heavy atom. The lowest BCUT2D eigenvalue weighted by Crippen LogP contribution is -2.41. The maximum absolute atomic E-state index is 13.6. The predicted molar refractivity (Wildman–Crippen MR) is 141 cm³/mol. The molecule has 4 heteroatoms. The number of fused-ring (bicyclic) bond motifs is 1. The number of benzene rings is 4. The lowest BCUT2D eigenvalue weighted by atomic mass is 9.60. The summed E-state index contributed by atoms with van der Waals surface area (Å²) in [6, 6.07) is 34.3. The van der Waals surface area contributed by atoms with Crippen LogP contribution in [0.1, 0.15) is 41.4 Å². The number of esters is 1. The SMILES string of the molecule is O=C1CCc2cc(-c3cccc(OC(=O)C4[C@@H](c5ccccc5)C[C@@H]4c4ccccc4)c3)ccc2N1. The molecule has 2 atom stereocenters. The summed E-state index contributed by atoms with van der Waals surface area (Å²) in [4.78, 5) is 25.3. The van der Waals surface area contributed by atoms with Crippen LogP contribution in [0.25, 0.3) is 11.1 Å². The summed E-state index contributed by atoms with van der Waals surface area (Å²) >= 11 is 0. The Bertz CT molecular complexity index is 1370. The topological polar surface area (TPSA) is 55.4 Å². The van der Waals surface area contributed by atoms with Gasteiger partial charge in [-0.25, -0.2) is 0 Å². The molecular formula is C32H27NO3. The summed E-state index contributed by atoms with van der Waals surface area (Å²) < 4.78 is 6.01. The first-order valence-corrected chi connectivity index (χ1v) is 12.5. The Hall–Kier alpha value is -4.18. The molecule has 4 aromatic rings. The van der Waals surface area contributed by atoms with Gasteiger partial charge >= 0.3 is 5.97 Å². The second-order valence-corrected chi connectivity index (χ2v) is 9.66. The Kier molecular flexibility index (Phi) is 5.86. The minimum atomic E-state index is -0.231. The largest absolute Gasteiger partial charge is 0.426 e. The van der Waals surface area contributed by atoms with E-state index in [4.69, 9.17) is 4.74 Å². The highest BCUT2D eigenvalue weighted by molar-refractivity contribution is 5.94. The summed E-state index contributed by atoms with van der Waals surface area (Å²) in [5.74, 6) is 0.475. The Labute approximate surface area is 210 Å². The van der Waals surface area contributed by atoms with Crippen LogP contribution in [-0.2, 0) is 16.0 Å². The van der Waals surface area contributed by atoms with E-state index in [1.165, 1.54) is 11.1 Å². The molecule has 1 N–H and O–H groups in total. The minimum absolute atomic E-state index is 0.0581. The molecule has 178 valence electrons. The second-order valence-electron chi connectivity index (χ2n) is 9.66. The van der Waals surface area contributed by atoms with Crippen LogP contribution in [0.2, 0.25) is 0 Å². The monoisotopic (exact) mass is 473 g/mol. The van der Waals surface area contributed by atoms with E-state index in [-0.39, 0.29) is 29.6 Å². The number of anilines is 1. The van der Waals surface area contributed by atoms with Crippen LogP contribution in [0.15, 0.2) is 103 Å². The third-order valence-electron chi connectivity index (χ3n) is 7.49. The highest BCUT2D eigenvalue weighted by Crippen LogP contribution is 2.53. The molecule has 0 spiro atoms. The van der Waals surface area contributed by atoms with Crippen molar-refractivity contribution in [2.45, 2.75) is 31.1 Å². The average molecular weight is 474 g/mol. The molecule has 1 saturated carbocycles. The van der Waals surface area contributed by atoms with Gasteiger partial charge in [-0.3, -0.25) is 9.59 Å². The molecule has 4 aromatic carbocycles. The van der Waals surface area contributed by atoms with Crippen LogP contribution in [0.4, 0.5) is 5.69 Å². The van der Waals surface area contributed by atoms with Crippen LogP contribution >= 0.6 is 0 Å². The van der Waals surface area contributed by atoms with Crippen molar-refractivity contribution in [1.29, 1.82) is 0 Å². The molecule has 36 heavy (non-hydrogen) atoms. The van der Waals surface area contributed by atoms with E-state index in [0.29, 0.717) is 12.2 Å². The predicted octanol–water partition coefficient (Wildman–Crippen LogP) is 6.73. The maximum Gasteiger partial charge on any atom is 0.315 e. The first-order valence-electron chi connectivity index (χ1n) is 12.5. The van der Waals surface area contributed by atoms with Crippen molar-refractivity contribution in [1.82, 2.24) is 0 Å². The Balaban J connectivity index is 1.25. The lowest BCUT2D eigenvalue weighted by molar-refractivity contribution is -0.144. The van der Waals surface area contributed by atoms with Gasteiger partial charge in [-0.2, -0.15) is 0 Å². The van der Waals surface area contributed by atoms with Crippen molar-refractivity contribution in [2.75, 3.05) is 5.32 Å². The van der Waals surface area contributed by atoms with Crippen molar-refractivity contribution in [3.05, 3.63) is 120 Å². The summed E-state index contributed by atoms with van der Waals surface area (Å²) in [6.45, 7) is 0. The number of aryl methyl sites for hydroxylation is 1. The second kappa shape index (κ2) is 9.46. The molecule has 0 saturated heterocycles. The molecule has 2 aliphatic rings. The van der Waals surface area contributed by atoms with E-state index in [1.807, 2.05) is 72.8 Å². The molecule has 0 aromatic heterocycles. The van der Waals surface area contributed by atoms with E-state index in [0.717, 1.165) is 35.2 Å². The van der Waals surface area contributed by atoms with E-state index < -0.39 is 0 Å². The molecule has 4 nitrogen and oxygen atoms in total. The molecule has 1 amide bonds. The number of hydrogen-bond donors (Lipinski definition) is 1. The van der Waals surface area contributed by atoms with Gasteiger partial charge in [0, 0.05) is 12.1 Å². The van der Waals surface area contributed by atoms with Gasteiger partial charge in [-0.05, 0) is 76.8 Å². The van der Waals surface area contributed by atoms with Gasteiger partial charge in [0.15, 0.2) is 0 Å². The maximum atomic E-state index is 13.6. The zero-order valence-electron chi connectivity index (χ0n) is 19.9. The molecule has 0 bridgehead atoms. The number of carbonyl (C=O) groups excluding carboxylic acids is 2. The van der Waals surface area contributed by atoms with Gasteiger partial charge in [0.25, 0.3) is 0 Å². The molecule has 0 radical (unpaired) electrons. The summed E-state index contributed by atoms with van der Waals surface area (Å²) in [7, 11) is 0. The third kappa shape index (κ3) is 4.31. The molecule has 1 heterocycles. The van der Waals surface area contributed by atoms with Gasteiger partial charge in [-0.15, -0.1) is 0 Å². The van der Waals surface area contributed by atoms with Gasteiger partial charge in [0.2, 0.25) is 5.91 Å². The summed E-state index contributed by atoms with van der Waals surface area (Å²) in [5, 5.41) is 2.93. The highest BCUT2D eigenvalue weighted by atomic mass is 16.5. The van der Waals surface area contributed by atoms with Crippen LogP contribution < -0.4 is 10.1 Å². The van der Waals surface area contributed by atoms with Crippen LogP contribution in [-0.4, -0.2) is 11.9 Å².